The standard InChI is InChI=1S/C16H16N2O4/c1-10-5-6-11(2)13(8-10)18-14(19)9-22-16(21)12-4-3-7-17-15(12)20/h3-8H,9H2,1-2H3,(H,17,20)(H,18,19). The summed E-state index contributed by atoms with van der Waals surface area (Å²) in [6.07, 6.45) is 1.41. The van der Waals surface area contributed by atoms with Gasteiger partial charge in [0.2, 0.25) is 0 Å². The number of esters is 1. The highest BCUT2D eigenvalue weighted by molar-refractivity contribution is 5.95. The summed E-state index contributed by atoms with van der Waals surface area (Å²) in [4.78, 5) is 37.3. The lowest BCUT2D eigenvalue weighted by atomic mass is 10.1. The SMILES string of the molecule is Cc1ccc(C)c(NC(=O)COC(=O)c2ccc[nH]c2=O)c1. The monoisotopic (exact) mass is 300 g/mol. The third kappa shape index (κ3) is 3.82. The van der Waals surface area contributed by atoms with Gasteiger partial charge in [-0.3, -0.25) is 9.59 Å². The highest BCUT2D eigenvalue weighted by Gasteiger charge is 2.13. The van der Waals surface area contributed by atoms with Crippen LogP contribution >= 0.6 is 0 Å². The van der Waals surface area contributed by atoms with Crippen LogP contribution in [0.2, 0.25) is 0 Å². The number of ether oxygens (including phenoxy) is 1. The van der Waals surface area contributed by atoms with Crippen LogP contribution in [-0.4, -0.2) is 23.5 Å². The van der Waals surface area contributed by atoms with Crippen molar-refractivity contribution < 1.29 is 14.3 Å². The normalized spacial score (nSPS) is 10.1. The fraction of sp³-hybridized carbons (Fsp3) is 0.188. The van der Waals surface area contributed by atoms with E-state index in [-0.39, 0.29) is 5.56 Å². The molecule has 0 aliphatic rings. The van der Waals surface area contributed by atoms with Crippen LogP contribution < -0.4 is 10.9 Å². The van der Waals surface area contributed by atoms with E-state index in [4.69, 9.17) is 4.74 Å². The molecule has 114 valence electrons. The van der Waals surface area contributed by atoms with Crippen LogP contribution in [0.5, 0.6) is 0 Å². The number of carbonyl (C=O) groups excluding carboxylic acids is 2. The molecule has 0 aliphatic carbocycles. The fourth-order valence-corrected chi connectivity index (χ4v) is 1.85. The Morgan fingerprint density at radius 2 is 2.00 bits per heavy atom. The molecule has 0 saturated carbocycles. The molecule has 0 bridgehead atoms. The van der Waals surface area contributed by atoms with Crippen LogP contribution in [0, 0.1) is 13.8 Å². The van der Waals surface area contributed by atoms with Crippen molar-refractivity contribution in [2.75, 3.05) is 11.9 Å². The molecule has 1 aromatic carbocycles. The van der Waals surface area contributed by atoms with E-state index in [9.17, 15) is 14.4 Å². The van der Waals surface area contributed by atoms with Gasteiger partial charge in [0.25, 0.3) is 11.5 Å². The van der Waals surface area contributed by atoms with Crippen LogP contribution in [0.15, 0.2) is 41.3 Å². The summed E-state index contributed by atoms with van der Waals surface area (Å²) in [6, 6.07) is 8.50. The van der Waals surface area contributed by atoms with Crippen LogP contribution in [0.4, 0.5) is 5.69 Å². The first-order valence-corrected chi connectivity index (χ1v) is 6.69. The molecule has 22 heavy (non-hydrogen) atoms. The molecular formula is C16H16N2O4. The summed E-state index contributed by atoms with van der Waals surface area (Å²) >= 11 is 0. The van der Waals surface area contributed by atoms with Crippen LogP contribution in [0.25, 0.3) is 0 Å². The first kappa shape index (κ1) is 15.5. The lowest BCUT2D eigenvalue weighted by Crippen LogP contribution is -2.24. The minimum absolute atomic E-state index is 0.137. The van der Waals surface area contributed by atoms with E-state index >= 15 is 0 Å². The lowest BCUT2D eigenvalue weighted by molar-refractivity contribution is -0.119. The van der Waals surface area contributed by atoms with E-state index < -0.39 is 24.0 Å². The number of H-pyrrole nitrogens is 1. The van der Waals surface area contributed by atoms with E-state index in [0.29, 0.717) is 5.69 Å². The van der Waals surface area contributed by atoms with Crippen molar-refractivity contribution in [1.82, 2.24) is 4.98 Å². The topological polar surface area (TPSA) is 88.3 Å². The number of carbonyl (C=O) groups is 2. The average Bonchev–Trinajstić information content (AvgIpc) is 2.49. The van der Waals surface area contributed by atoms with Crippen molar-refractivity contribution in [3.05, 3.63) is 63.6 Å². The van der Waals surface area contributed by atoms with E-state index in [0.717, 1.165) is 11.1 Å². The third-order valence-corrected chi connectivity index (χ3v) is 3.04. The zero-order valence-electron chi connectivity index (χ0n) is 12.3. The smallest absolute Gasteiger partial charge is 0.344 e. The summed E-state index contributed by atoms with van der Waals surface area (Å²) in [5.41, 5.74) is 1.89. The number of rotatable bonds is 4. The van der Waals surface area contributed by atoms with Gasteiger partial charge in [-0.05, 0) is 43.2 Å². The molecule has 0 atom stereocenters. The molecule has 0 aliphatic heterocycles. The number of benzene rings is 1. The van der Waals surface area contributed by atoms with Gasteiger partial charge in [0, 0.05) is 11.9 Å². The highest BCUT2D eigenvalue weighted by atomic mass is 16.5. The fourth-order valence-electron chi connectivity index (χ4n) is 1.85. The second-order valence-corrected chi connectivity index (χ2v) is 4.86. The molecule has 0 fully saturated rings. The Kier molecular flexibility index (Phi) is 4.73. The minimum atomic E-state index is -0.835. The largest absolute Gasteiger partial charge is 0.452 e. The molecule has 1 aromatic heterocycles. The molecule has 0 spiro atoms. The van der Waals surface area contributed by atoms with Crippen molar-refractivity contribution in [1.29, 1.82) is 0 Å². The summed E-state index contributed by atoms with van der Waals surface area (Å²) in [5, 5.41) is 2.67. The van der Waals surface area contributed by atoms with Crippen LogP contribution in [-0.2, 0) is 9.53 Å². The van der Waals surface area contributed by atoms with E-state index in [1.165, 1.54) is 18.3 Å². The maximum Gasteiger partial charge on any atom is 0.344 e. The third-order valence-electron chi connectivity index (χ3n) is 3.04. The number of aromatic nitrogens is 1. The Morgan fingerprint density at radius 3 is 2.73 bits per heavy atom. The summed E-state index contributed by atoms with van der Waals surface area (Å²) in [6.45, 7) is 3.32. The highest BCUT2D eigenvalue weighted by Crippen LogP contribution is 2.16. The maximum absolute atomic E-state index is 11.8. The van der Waals surface area contributed by atoms with Crippen molar-refractivity contribution in [2.45, 2.75) is 13.8 Å². The van der Waals surface area contributed by atoms with Crippen molar-refractivity contribution >= 4 is 17.6 Å². The average molecular weight is 300 g/mol. The molecule has 1 amide bonds. The molecule has 0 saturated heterocycles. The Morgan fingerprint density at radius 1 is 1.23 bits per heavy atom. The number of hydrogen-bond donors (Lipinski definition) is 2. The Balaban J connectivity index is 1.96. The second kappa shape index (κ2) is 6.71. The number of anilines is 1. The first-order valence-electron chi connectivity index (χ1n) is 6.69. The Labute approximate surface area is 127 Å². The molecule has 1 heterocycles. The van der Waals surface area contributed by atoms with Crippen molar-refractivity contribution in [3.63, 3.8) is 0 Å². The molecule has 6 nitrogen and oxygen atoms in total. The number of amides is 1. The maximum atomic E-state index is 11.8. The number of aromatic amines is 1. The van der Waals surface area contributed by atoms with E-state index in [1.54, 1.807) is 0 Å². The first-order chi connectivity index (χ1) is 10.5. The number of aryl methyl sites for hydroxylation is 2. The molecule has 2 N–H and O–H groups in total. The molecular weight excluding hydrogens is 284 g/mol. The van der Waals surface area contributed by atoms with Gasteiger partial charge in [0.1, 0.15) is 5.56 Å². The predicted molar refractivity (Wildman–Crippen MR) is 81.9 cm³/mol. The molecule has 2 rings (SSSR count). The Bertz CT molecular complexity index is 765. The number of nitrogens with one attached hydrogen (secondary N) is 2. The van der Waals surface area contributed by atoms with Gasteiger partial charge >= 0.3 is 5.97 Å². The zero-order valence-corrected chi connectivity index (χ0v) is 12.3. The molecule has 6 heteroatoms. The quantitative estimate of drug-likeness (QED) is 0.843. The van der Waals surface area contributed by atoms with E-state index in [1.807, 2.05) is 32.0 Å². The van der Waals surface area contributed by atoms with Gasteiger partial charge in [-0.25, -0.2) is 4.79 Å². The minimum Gasteiger partial charge on any atom is -0.452 e. The van der Waals surface area contributed by atoms with E-state index in [2.05, 4.69) is 10.3 Å². The summed E-state index contributed by atoms with van der Waals surface area (Å²) < 4.78 is 4.84. The molecule has 0 unspecified atom stereocenters. The summed E-state index contributed by atoms with van der Waals surface area (Å²) in [7, 11) is 0. The number of pyridine rings is 1. The van der Waals surface area contributed by atoms with Gasteiger partial charge < -0.3 is 15.0 Å². The number of hydrogen-bond acceptors (Lipinski definition) is 4. The van der Waals surface area contributed by atoms with Gasteiger partial charge in [-0.1, -0.05) is 12.1 Å². The van der Waals surface area contributed by atoms with Crippen LogP contribution in [0.1, 0.15) is 21.5 Å². The van der Waals surface area contributed by atoms with Gasteiger partial charge in [0.15, 0.2) is 6.61 Å². The van der Waals surface area contributed by atoms with Crippen molar-refractivity contribution in [2.24, 2.45) is 0 Å². The van der Waals surface area contributed by atoms with Gasteiger partial charge in [-0.2, -0.15) is 0 Å². The molecule has 0 radical (unpaired) electrons. The Hall–Kier alpha value is -2.89. The molecule has 2 aromatic rings. The second-order valence-electron chi connectivity index (χ2n) is 4.86. The van der Waals surface area contributed by atoms with Crippen molar-refractivity contribution in [3.8, 4) is 0 Å². The van der Waals surface area contributed by atoms with Gasteiger partial charge in [0.05, 0.1) is 0 Å². The lowest BCUT2D eigenvalue weighted by Gasteiger charge is -2.09. The zero-order chi connectivity index (χ0) is 16.1. The summed E-state index contributed by atoms with van der Waals surface area (Å²) in [5.74, 6) is -1.30. The van der Waals surface area contributed by atoms with Crippen LogP contribution in [0.3, 0.4) is 0 Å². The predicted octanol–water partition coefficient (Wildman–Crippen LogP) is 1.79. The van der Waals surface area contributed by atoms with Gasteiger partial charge in [-0.15, -0.1) is 0 Å².